The smallest absolute Gasteiger partial charge is 0.167 e. The number of hydrogen-bond acceptors (Lipinski definition) is 6. The van der Waals surface area contributed by atoms with E-state index in [0.29, 0.717) is 17.0 Å². The molecule has 90 valence electrons. The molecule has 0 unspecified atom stereocenters. The molecule has 17 heavy (non-hydrogen) atoms. The molecular formula is C10H14N6O. The van der Waals surface area contributed by atoms with Gasteiger partial charge in [0.2, 0.25) is 0 Å². The number of fused-ring (bicyclic) bond motifs is 1. The normalized spacial score (nSPS) is 28.9. The second-order valence-electron chi connectivity index (χ2n) is 4.28. The van der Waals surface area contributed by atoms with E-state index in [1.54, 1.807) is 6.33 Å². The SMILES string of the molecule is C[C@H]1O[C@@H](n2cnc3c(N)ncnc32)C[C@@H]1N. The van der Waals surface area contributed by atoms with Crippen molar-refractivity contribution in [3.05, 3.63) is 12.7 Å². The monoisotopic (exact) mass is 234 g/mol. The second kappa shape index (κ2) is 3.64. The van der Waals surface area contributed by atoms with E-state index in [0.717, 1.165) is 6.42 Å². The average molecular weight is 234 g/mol. The molecule has 1 aliphatic rings. The predicted octanol–water partition coefficient (Wildman–Crippen LogP) is 0.0432. The quantitative estimate of drug-likeness (QED) is 0.722. The largest absolute Gasteiger partial charge is 0.382 e. The number of nitrogens with two attached hydrogens (primary N) is 2. The maximum Gasteiger partial charge on any atom is 0.167 e. The topological polar surface area (TPSA) is 105 Å². The van der Waals surface area contributed by atoms with Gasteiger partial charge in [0, 0.05) is 12.5 Å². The van der Waals surface area contributed by atoms with Crippen molar-refractivity contribution in [2.45, 2.75) is 31.7 Å². The van der Waals surface area contributed by atoms with Gasteiger partial charge in [-0.1, -0.05) is 0 Å². The summed E-state index contributed by atoms with van der Waals surface area (Å²) in [6, 6.07) is 0.0386. The molecule has 0 saturated carbocycles. The molecule has 3 rings (SSSR count). The first kappa shape index (κ1) is 10.4. The van der Waals surface area contributed by atoms with Crippen molar-refractivity contribution in [1.29, 1.82) is 0 Å². The van der Waals surface area contributed by atoms with E-state index in [1.165, 1.54) is 6.33 Å². The Kier molecular flexibility index (Phi) is 2.23. The van der Waals surface area contributed by atoms with Crippen LogP contribution in [0.15, 0.2) is 12.7 Å². The Morgan fingerprint density at radius 2 is 2.24 bits per heavy atom. The van der Waals surface area contributed by atoms with Gasteiger partial charge in [0.15, 0.2) is 11.5 Å². The Morgan fingerprint density at radius 1 is 1.41 bits per heavy atom. The number of nitrogens with zero attached hydrogens (tertiary/aromatic N) is 4. The molecule has 1 fully saturated rings. The molecule has 0 spiro atoms. The molecule has 1 saturated heterocycles. The third kappa shape index (κ3) is 1.55. The Morgan fingerprint density at radius 3 is 2.94 bits per heavy atom. The van der Waals surface area contributed by atoms with E-state index >= 15 is 0 Å². The van der Waals surface area contributed by atoms with Crippen LogP contribution in [0.25, 0.3) is 11.2 Å². The number of hydrogen-bond donors (Lipinski definition) is 2. The summed E-state index contributed by atoms with van der Waals surface area (Å²) in [6.07, 6.45) is 3.76. The molecule has 4 N–H and O–H groups in total. The van der Waals surface area contributed by atoms with Gasteiger partial charge in [0.1, 0.15) is 18.1 Å². The first-order valence-corrected chi connectivity index (χ1v) is 5.51. The fraction of sp³-hybridized carbons (Fsp3) is 0.500. The Hall–Kier alpha value is -1.73. The van der Waals surface area contributed by atoms with Gasteiger partial charge >= 0.3 is 0 Å². The van der Waals surface area contributed by atoms with E-state index < -0.39 is 0 Å². The molecule has 2 aromatic rings. The highest BCUT2D eigenvalue weighted by atomic mass is 16.5. The zero-order chi connectivity index (χ0) is 12.0. The van der Waals surface area contributed by atoms with E-state index in [2.05, 4.69) is 15.0 Å². The minimum absolute atomic E-state index is 0.0386. The molecule has 0 aliphatic carbocycles. The molecule has 1 aliphatic heterocycles. The molecule has 0 amide bonds. The molecule has 3 atom stereocenters. The van der Waals surface area contributed by atoms with Crippen LogP contribution in [-0.4, -0.2) is 31.7 Å². The number of aromatic nitrogens is 4. The first-order chi connectivity index (χ1) is 8.16. The van der Waals surface area contributed by atoms with Crippen LogP contribution in [0.1, 0.15) is 19.6 Å². The molecule has 0 aromatic carbocycles. The van der Waals surface area contributed by atoms with Crippen LogP contribution in [0.4, 0.5) is 5.82 Å². The number of anilines is 1. The van der Waals surface area contributed by atoms with Crippen LogP contribution in [0.2, 0.25) is 0 Å². The van der Waals surface area contributed by atoms with Crippen molar-refractivity contribution >= 4 is 17.0 Å². The second-order valence-corrected chi connectivity index (χ2v) is 4.28. The lowest BCUT2D eigenvalue weighted by atomic mass is 10.2. The summed E-state index contributed by atoms with van der Waals surface area (Å²) < 4.78 is 7.62. The average Bonchev–Trinajstić information content (AvgIpc) is 2.85. The highest BCUT2D eigenvalue weighted by Crippen LogP contribution is 2.29. The van der Waals surface area contributed by atoms with Gasteiger partial charge in [-0.15, -0.1) is 0 Å². The van der Waals surface area contributed by atoms with Crippen LogP contribution < -0.4 is 11.5 Å². The maximum atomic E-state index is 5.93. The zero-order valence-corrected chi connectivity index (χ0v) is 9.45. The molecule has 7 nitrogen and oxygen atoms in total. The van der Waals surface area contributed by atoms with Gasteiger partial charge in [-0.05, 0) is 6.92 Å². The number of ether oxygens (including phenoxy) is 1. The van der Waals surface area contributed by atoms with Gasteiger partial charge in [0.05, 0.1) is 12.4 Å². The Balaban J connectivity index is 2.04. The Bertz CT molecular complexity index is 543. The molecule has 0 bridgehead atoms. The Labute approximate surface area is 97.8 Å². The lowest BCUT2D eigenvalue weighted by Gasteiger charge is -2.12. The van der Waals surface area contributed by atoms with Crippen molar-refractivity contribution in [2.24, 2.45) is 5.73 Å². The van der Waals surface area contributed by atoms with Crippen LogP contribution in [0.5, 0.6) is 0 Å². The van der Waals surface area contributed by atoms with E-state index in [9.17, 15) is 0 Å². The van der Waals surface area contributed by atoms with Crippen LogP contribution in [0, 0.1) is 0 Å². The molecule has 3 heterocycles. The molecule has 7 heteroatoms. The van der Waals surface area contributed by atoms with Crippen molar-refractivity contribution in [3.8, 4) is 0 Å². The van der Waals surface area contributed by atoms with E-state index in [4.69, 9.17) is 16.2 Å². The summed E-state index contributed by atoms with van der Waals surface area (Å²) in [5.74, 6) is 0.379. The standard InChI is InChI=1S/C10H14N6O/c1-5-6(11)2-7(17-5)16-4-15-8-9(12)13-3-14-10(8)16/h3-7H,2,11H2,1H3,(H2,12,13,14)/t5-,6+,7-/m1/s1. The minimum atomic E-state index is -0.126. The summed E-state index contributed by atoms with van der Waals surface area (Å²) in [6.45, 7) is 1.97. The van der Waals surface area contributed by atoms with Gasteiger partial charge < -0.3 is 16.2 Å². The third-order valence-corrected chi connectivity index (χ3v) is 3.15. The summed E-state index contributed by atoms with van der Waals surface area (Å²) >= 11 is 0. The lowest BCUT2D eigenvalue weighted by Crippen LogP contribution is -2.26. The van der Waals surface area contributed by atoms with E-state index in [-0.39, 0.29) is 18.4 Å². The molecule has 2 aromatic heterocycles. The third-order valence-electron chi connectivity index (χ3n) is 3.15. The zero-order valence-electron chi connectivity index (χ0n) is 9.45. The number of imidazole rings is 1. The maximum absolute atomic E-state index is 5.93. The summed E-state index contributed by atoms with van der Waals surface area (Å²) in [5, 5.41) is 0. The number of rotatable bonds is 1. The molecule has 0 radical (unpaired) electrons. The van der Waals surface area contributed by atoms with Crippen LogP contribution in [0.3, 0.4) is 0 Å². The van der Waals surface area contributed by atoms with E-state index in [1.807, 2.05) is 11.5 Å². The summed E-state index contributed by atoms with van der Waals surface area (Å²) in [7, 11) is 0. The van der Waals surface area contributed by atoms with Crippen molar-refractivity contribution in [3.63, 3.8) is 0 Å². The summed E-state index contributed by atoms with van der Waals surface area (Å²) in [5.41, 5.74) is 12.9. The minimum Gasteiger partial charge on any atom is -0.382 e. The van der Waals surface area contributed by atoms with Gasteiger partial charge in [-0.2, -0.15) is 0 Å². The fourth-order valence-electron chi connectivity index (χ4n) is 2.09. The fourth-order valence-corrected chi connectivity index (χ4v) is 2.09. The van der Waals surface area contributed by atoms with Crippen molar-refractivity contribution in [1.82, 2.24) is 19.5 Å². The molecular weight excluding hydrogens is 220 g/mol. The van der Waals surface area contributed by atoms with Crippen LogP contribution in [-0.2, 0) is 4.74 Å². The van der Waals surface area contributed by atoms with Crippen LogP contribution >= 0.6 is 0 Å². The summed E-state index contributed by atoms with van der Waals surface area (Å²) in [4.78, 5) is 12.3. The highest BCUT2D eigenvalue weighted by molar-refractivity contribution is 5.81. The van der Waals surface area contributed by atoms with Gasteiger partial charge in [0.25, 0.3) is 0 Å². The van der Waals surface area contributed by atoms with Gasteiger partial charge in [-0.3, -0.25) is 4.57 Å². The lowest BCUT2D eigenvalue weighted by molar-refractivity contribution is 0.0112. The van der Waals surface area contributed by atoms with Crippen molar-refractivity contribution in [2.75, 3.05) is 5.73 Å². The van der Waals surface area contributed by atoms with Crippen molar-refractivity contribution < 1.29 is 4.74 Å². The first-order valence-electron chi connectivity index (χ1n) is 5.51. The van der Waals surface area contributed by atoms with Gasteiger partial charge in [-0.25, -0.2) is 15.0 Å². The highest BCUT2D eigenvalue weighted by Gasteiger charge is 2.31. The predicted molar refractivity (Wildman–Crippen MR) is 61.9 cm³/mol. The number of nitrogen functional groups attached to an aromatic ring is 1.